The SMILES string of the molecule is CC1CCN(c2ccc(N3C(=S)N[C@@H](c4ccccn4)[C@H]3c3ccn(C4CCCC4)c3)cc2Cl)CC1. The molecule has 4 heterocycles. The van der Waals surface area contributed by atoms with Crippen LogP contribution in [-0.4, -0.2) is 27.8 Å². The third-order valence-electron chi connectivity index (χ3n) is 8.26. The van der Waals surface area contributed by atoms with Crippen molar-refractivity contribution in [1.29, 1.82) is 0 Å². The highest BCUT2D eigenvalue weighted by Gasteiger charge is 2.41. The molecular weight excluding hydrogens is 486 g/mol. The number of hydrogen-bond acceptors (Lipinski definition) is 3. The molecule has 1 saturated carbocycles. The average Bonchev–Trinajstić information content (AvgIpc) is 3.65. The van der Waals surface area contributed by atoms with E-state index in [0.717, 1.165) is 41.1 Å². The number of anilines is 2. The molecule has 3 aliphatic rings. The number of nitrogens with zero attached hydrogens (tertiary/aromatic N) is 4. The molecule has 0 spiro atoms. The van der Waals surface area contributed by atoms with Gasteiger partial charge in [0.05, 0.1) is 28.5 Å². The fraction of sp³-hybridized carbons (Fsp3) is 0.448. The van der Waals surface area contributed by atoms with Crippen molar-refractivity contribution >= 4 is 40.3 Å². The van der Waals surface area contributed by atoms with Crippen LogP contribution in [0.3, 0.4) is 0 Å². The van der Waals surface area contributed by atoms with Gasteiger partial charge < -0.3 is 19.7 Å². The minimum atomic E-state index is -0.0415. The van der Waals surface area contributed by atoms with Gasteiger partial charge in [-0.05, 0) is 85.8 Å². The number of halogens is 1. The largest absolute Gasteiger partial charge is 0.370 e. The van der Waals surface area contributed by atoms with E-state index < -0.39 is 0 Å². The molecule has 3 fully saturated rings. The molecule has 2 saturated heterocycles. The zero-order valence-electron chi connectivity index (χ0n) is 20.8. The quantitative estimate of drug-likeness (QED) is 0.365. The molecule has 5 nitrogen and oxygen atoms in total. The van der Waals surface area contributed by atoms with Crippen LogP contribution in [0.15, 0.2) is 61.1 Å². The third-order valence-corrected chi connectivity index (χ3v) is 8.87. The Balaban J connectivity index is 1.35. The highest BCUT2D eigenvalue weighted by Crippen LogP contribution is 2.44. The van der Waals surface area contributed by atoms with Gasteiger partial charge in [-0.25, -0.2) is 0 Å². The normalized spacial score (nSPS) is 23.4. The van der Waals surface area contributed by atoms with Crippen LogP contribution in [0.1, 0.15) is 74.8 Å². The summed E-state index contributed by atoms with van der Waals surface area (Å²) >= 11 is 12.8. The topological polar surface area (TPSA) is 36.3 Å². The number of piperidine rings is 1. The maximum Gasteiger partial charge on any atom is 0.174 e. The molecule has 7 heteroatoms. The van der Waals surface area contributed by atoms with Gasteiger partial charge in [0.15, 0.2) is 5.11 Å². The van der Waals surface area contributed by atoms with E-state index in [-0.39, 0.29) is 12.1 Å². The van der Waals surface area contributed by atoms with Crippen LogP contribution in [0.5, 0.6) is 0 Å². The molecule has 2 aliphatic heterocycles. The predicted molar refractivity (Wildman–Crippen MR) is 152 cm³/mol. The summed E-state index contributed by atoms with van der Waals surface area (Å²) in [6, 6.07) is 15.3. The van der Waals surface area contributed by atoms with Gasteiger partial charge in [0.2, 0.25) is 0 Å². The standard InChI is InChI=1S/C29H34ClN5S/c1-20-11-15-33(16-12-20)26-10-9-23(18-24(26)30)35-28(21-13-17-34(19-21)22-6-2-3-7-22)27(32-29(35)36)25-8-4-5-14-31-25/h4-5,8-10,13-14,17-20,22,27-28H,2-3,6-7,11-12,15-16H2,1H3,(H,32,36)/t27-,28+/m0/s1. The van der Waals surface area contributed by atoms with Gasteiger partial charge in [-0.2, -0.15) is 0 Å². The van der Waals surface area contributed by atoms with Gasteiger partial charge in [0.1, 0.15) is 0 Å². The first-order valence-corrected chi connectivity index (χ1v) is 14.1. The predicted octanol–water partition coefficient (Wildman–Crippen LogP) is 7.07. The summed E-state index contributed by atoms with van der Waals surface area (Å²) < 4.78 is 2.41. The van der Waals surface area contributed by atoms with Gasteiger partial charge >= 0.3 is 0 Å². The van der Waals surface area contributed by atoms with E-state index in [1.54, 1.807) is 0 Å². The monoisotopic (exact) mass is 519 g/mol. The molecule has 0 bridgehead atoms. The van der Waals surface area contributed by atoms with Crippen LogP contribution >= 0.6 is 23.8 Å². The molecule has 2 atom stereocenters. The van der Waals surface area contributed by atoms with Crippen molar-refractivity contribution in [2.45, 2.75) is 63.6 Å². The number of thiocarbonyl (C=S) groups is 1. The van der Waals surface area contributed by atoms with Crippen molar-refractivity contribution < 1.29 is 0 Å². The van der Waals surface area contributed by atoms with Crippen molar-refractivity contribution in [3.63, 3.8) is 0 Å². The fourth-order valence-corrected chi connectivity index (χ4v) is 6.80. The summed E-state index contributed by atoms with van der Waals surface area (Å²) in [5, 5.41) is 5.07. The molecule has 0 unspecified atom stereocenters. The Morgan fingerprint density at radius 2 is 1.83 bits per heavy atom. The van der Waals surface area contributed by atoms with Gasteiger partial charge in [0.25, 0.3) is 0 Å². The van der Waals surface area contributed by atoms with Crippen molar-refractivity contribution in [2.24, 2.45) is 5.92 Å². The Morgan fingerprint density at radius 1 is 1.03 bits per heavy atom. The lowest BCUT2D eigenvalue weighted by atomic mass is 9.98. The average molecular weight is 520 g/mol. The summed E-state index contributed by atoms with van der Waals surface area (Å²) in [6.45, 7) is 4.45. The van der Waals surface area contributed by atoms with E-state index in [4.69, 9.17) is 28.8 Å². The van der Waals surface area contributed by atoms with Crippen LogP contribution in [0.4, 0.5) is 11.4 Å². The molecule has 1 aromatic carbocycles. The van der Waals surface area contributed by atoms with Crippen molar-refractivity contribution in [3.05, 3.63) is 77.3 Å². The number of rotatable bonds is 5. The van der Waals surface area contributed by atoms with E-state index in [0.29, 0.717) is 11.2 Å². The molecule has 188 valence electrons. The minimum absolute atomic E-state index is 0.00666. The summed E-state index contributed by atoms with van der Waals surface area (Å²) in [5.41, 5.74) is 4.38. The number of nitrogens with one attached hydrogen (secondary N) is 1. The van der Waals surface area contributed by atoms with E-state index in [9.17, 15) is 0 Å². The molecule has 0 radical (unpaired) electrons. The second-order valence-corrected chi connectivity index (χ2v) is 11.4. The molecular formula is C29H34ClN5S. The number of hydrogen-bond donors (Lipinski definition) is 1. The molecule has 6 rings (SSSR count). The molecule has 1 N–H and O–H groups in total. The first kappa shape index (κ1) is 23.8. The maximum atomic E-state index is 6.91. The zero-order chi connectivity index (χ0) is 24.6. The Kier molecular flexibility index (Phi) is 6.65. The van der Waals surface area contributed by atoms with Gasteiger partial charge in [-0.3, -0.25) is 4.98 Å². The molecule has 0 amide bonds. The second-order valence-electron chi connectivity index (χ2n) is 10.6. The number of aromatic nitrogens is 2. The smallest absolute Gasteiger partial charge is 0.174 e. The first-order valence-electron chi connectivity index (χ1n) is 13.3. The highest BCUT2D eigenvalue weighted by molar-refractivity contribution is 7.80. The molecule has 3 aromatic rings. The van der Waals surface area contributed by atoms with Crippen LogP contribution < -0.4 is 15.1 Å². The Morgan fingerprint density at radius 3 is 2.56 bits per heavy atom. The van der Waals surface area contributed by atoms with Crippen LogP contribution in [0.25, 0.3) is 0 Å². The van der Waals surface area contributed by atoms with E-state index in [1.165, 1.54) is 44.1 Å². The molecule has 36 heavy (non-hydrogen) atoms. The van der Waals surface area contributed by atoms with Gasteiger partial charge in [-0.1, -0.05) is 37.4 Å². The molecule has 2 aromatic heterocycles. The zero-order valence-corrected chi connectivity index (χ0v) is 22.4. The van der Waals surface area contributed by atoms with Crippen LogP contribution in [0.2, 0.25) is 5.02 Å². The van der Waals surface area contributed by atoms with Crippen LogP contribution in [-0.2, 0) is 0 Å². The summed E-state index contributed by atoms with van der Waals surface area (Å²) in [6.07, 6.45) is 14.0. The van der Waals surface area contributed by atoms with Gasteiger partial charge in [0, 0.05) is 43.4 Å². The van der Waals surface area contributed by atoms with E-state index in [1.807, 2.05) is 18.3 Å². The molecule has 1 aliphatic carbocycles. The van der Waals surface area contributed by atoms with Crippen molar-refractivity contribution in [3.8, 4) is 0 Å². The fourth-order valence-electron chi connectivity index (χ4n) is 6.16. The summed E-state index contributed by atoms with van der Waals surface area (Å²) in [5.74, 6) is 0.785. The van der Waals surface area contributed by atoms with Crippen molar-refractivity contribution in [2.75, 3.05) is 22.9 Å². The lowest BCUT2D eigenvalue weighted by Gasteiger charge is -2.33. The number of pyridine rings is 1. The lowest BCUT2D eigenvalue weighted by Crippen LogP contribution is -2.33. The van der Waals surface area contributed by atoms with E-state index >= 15 is 0 Å². The highest BCUT2D eigenvalue weighted by atomic mass is 35.5. The summed E-state index contributed by atoms with van der Waals surface area (Å²) in [4.78, 5) is 9.35. The Labute approximate surface area is 224 Å². The third kappa shape index (κ3) is 4.50. The number of benzene rings is 1. The Bertz CT molecular complexity index is 1210. The minimum Gasteiger partial charge on any atom is -0.370 e. The summed E-state index contributed by atoms with van der Waals surface area (Å²) in [7, 11) is 0. The van der Waals surface area contributed by atoms with Gasteiger partial charge in [-0.15, -0.1) is 0 Å². The van der Waals surface area contributed by atoms with Crippen LogP contribution in [0, 0.1) is 5.92 Å². The van der Waals surface area contributed by atoms with E-state index in [2.05, 4.69) is 69.3 Å². The first-order chi connectivity index (χ1) is 17.6. The lowest BCUT2D eigenvalue weighted by molar-refractivity contribution is 0.438. The second kappa shape index (κ2) is 10.1. The Hall–Kier alpha value is -2.57. The maximum absolute atomic E-state index is 6.91. The van der Waals surface area contributed by atoms with Crippen molar-refractivity contribution in [1.82, 2.24) is 14.9 Å².